The molecule has 0 nitrogen and oxygen atoms in total. The minimum absolute atomic E-state index is 0.0447. The van der Waals surface area contributed by atoms with Crippen LogP contribution in [-0.2, 0) is 17.8 Å². The summed E-state index contributed by atoms with van der Waals surface area (Å²) >= 11 is 0. The largest absolute Gasteiger partial charge is 0.416 e. The highest BCUT2D eigenvalue weighted by molar-refractivity contribution is 5.40. The zero-order chi connectivity index (χ0) is 17.2. The van der Waals surface area contributed by atoms with Gasteiger partial charge in [0.1, 0.15) is 0 Å². The third-order valence-electron chi connectivity index (χ3n) is 3.91. The molecular formula is C16H20F6. The number of rotatable bonds is 5. The predicted octanol–water partition coefficient (Wildman–Crippen LogP) is 6.58. The Labute approximate surface area is 126 Å². The first-order chi connectivity index (χ1) is 9.95. The summed E-state index contributed by atoms with van der Waals surface area (Å²) in [5.41, 5.74) is -3.26. The first-order valence-electron chi connectivity index (χ1n) is 7.24. The number of alkyl halides is 6. The van der Waals surface area contributed by atoms with Crippen LogP contribution < -0.4 is 0 Å². The maximum Gasteiger partial charge on any atom is 0.416 e. The Morgan fingerprint density at radius 1 is 0.773 bits per heavy atom. The summed E-state index contributed by atoms with van der Waals surface area (Å²) in [7, 11) is 0. The zero-order valence-corrected chi connectivity index (χ0v) is 12.8. The molecule has 1 aromatic carbocycles. The highest BCUT2D eigenvalue weighted by Gasteiger charge is 2.41. The lowest BCUT2D eigenvalue weighted by atomic mass is 9.73. The second-order valence-corrected chi connectivity index (χ2v) is 5.82. The summed E-state index contributed by atoms with van der Waals surface area (Å²) in [4.78, 5) is 0. The van der Waals surface area contributed by atoms with Gasteiger partial charge >= 0.3 is 12.4 Å². The molecule has 0 saturated carbocycles. The third-order valence-corrected chi connectivity index (χ3v) is 3.91. The molecule has 0 amide bonds. The second-order valence-electron chi connectivity index (χ2n) is 5.82. The normalized spacial score (nSPS) is 13.5. The monoisotopic (exact) mass is 326 g/mol. The lowest BCUT2D eigenvalue weighted by molar-refractivity contribution is -0.143. The van der Waals surface area contributed by atoms with E-state index < -0.39 is 28.9 Å². The minimum Gasteiger partial charge on any atom is -0.166 e. The summed E-state index contributed by atoms with van der Waals surface area (Å²) in [5.74, 6) is 0. The van der Waals surface area contributed by atoms with Crippen LogP contribution in [0.25, 0.3) is 0 Å². The van der Waals surface area contributed by atoms with Crippen molar-refractivity contribution < 1.29 is 26.3 Å². The Balaban J connectivity index is 3.53. The highest BCUT2D eigenvalue weighted by atomic mass is 19.4. The fraction of sp³-hybridized carbons (Fsp3) is 0.625. The molecule has 0 atom stereocenters. The molecule has 1 rings (SSSR count). The maximum absolute atomic E-state index is 13.3. The highest BCUT2D eigenvalue weighted by Crippen LogP contribution is 2.44. The van der Waals surface area contributed by atoms with Gasteiger partial charge in [-0.1, -0.05) is 39.7 Å². The molecule has 0 spiro atoms. The molecule has 0 radical (unpaired) electrons. The number of halogens is 6. The van der Waals surface area contributed by atoms with Crippen LogP contribution in [0.4, 0.5) is 26.3 Å². The first kappa shape index (κ1) is 18.8. The van der Waals surface area contributed by atoms with E-state index in [1.54, 1.807) is 6.92 Å². The average molecular weight is 326 g/mol. The molecule has 0 unspecified atom stereocenters. The van der Waals surface area contributed by atoms with Crippen LogP contribution in [0.5, 0.6) is 0 Å². The van der Waals surface area contributed by atoms with Gasteiger partial charge in [-0.2, -0.15) is 26.3 Å². The van der Waals surface area contributed by atoms with Gasteiger partial charge in [-0.15, -0.1) is 0 Å². The van der Waals surface area contributed by atoms with Gasteiger partial charge in [0.2, 0.25) is 0 Å². The quantitative estimate of drug-likeness (QED) is 0.536. The predicted molar refractivity (Wildman–Crippen MR) is 73.6 cm³/mol. The zero-order valence-electron chi connectivity index (χ0n) is 12.8. The molecule has 0 aromatic heterocycles. The van der Waals surface area contributed by atoms with Crippen molar-refractivity contribution in [3.63, 3.8) is 0 Å². The summed E-state index contributed by atoms with van der Waals surface area (Å²) in [6.07, 6.45) is -7.28. The maximum atomic E-state index is 13.3. The van der Waals surface area contributed by atoms with Crippen LogP contribution in [0.3, 0.4) is 0 Å². The van der Waals surface area contributed by atoms with E-state index in [1.165, 1.54) is 0 Å². The van der Waals surface area contributed by atoms with Gasteiger partial charge in [0.15, 0.2) is 0 Å². The van der Waals surface area contributed by atoms with Crippen molar-refractivity contribution in [3.05, 3.63) is 34.9 Å². The molecule has 0 N–H and O–H groups in total. The molecule has 0 aliphatic rings. The van der Waals surface area contributed by atoms with Gasteiger partial charge in [0, 0.05) is 0 Å². The Kier molecular flexibility index (Phi) is 5.57. The molecule has 0 bridgehead atoms. The third kappa shape index (κ3) is 4.17. The fourth-order valence-electron chi connectivity index (χ4n) is 2.98. The van der Waals surface area contributed by atoms with Gasteiger partial charge in [-0.3, -0.25) is 0 Å². The van der Waals surface area contributed by atoms with Crippen LogP contribution >= 0.6 is 0 Å². The number of hydrogen-bond donors (Lipinski definition) is 0. The molecule has 1 aromatic rings. The second kappa shape index (κ2) is 6.50. The first-order valence-corrected chi connectivity index (χ1v) is 7.24. The van der Waals surface area contributed by atoms with Gasteiger partial charge in [-0.05, 0) is 36.0 Å². The number of benzene rings is 1. The van der Waals surface area contributed by atoms with Crippen LogP contribution in [0.1, 0.15) is 63.1 Å². The van der Waals surface area contributed by atoms with Gasteiger partial charge in [-0.25, -0.2) is 0 Å². The SMILES string of the molecule is CCCC(C)(CCC)c1ccc(C(F)(F)F)cc1C(F)(F)F. The van der Waals surface area contributed by atoms with E-state index >= 15 is 0 Å². The van der Waals surface area contributed by atoms with E-state index in [0.717, 1.165) is 12.1 Å². The van der Waals surface area contributed by atoms with Crippen LogP contribution in [0, 0.1) is 0 Å². The van der Waals surface area contributed by atoms with Crippen LogP contribution in [-0.4, -0.2) is 0 Å². The average Bonchev–Trinajstić information content (AvgIpc) is 2.36. The Morgan fingerprint density at radius 3 is 1.64 bits per heavy atom. The van der Waals surface area contributed by atoms with Crippen molar-refractivity contribution >= 4 is 0 Å². The standard InChI is InChI=1S/C16H20F6/c1-4-8-14(3,9-5-2)12-7-6-11(15(17,18)19)10-13(12)16(20,21)22/h6-7,10H,4-5,8-9H2,1-3H3. The lowest BCUT2D eigenvalue weighted by Gasteiger charge is -2.33. The topological polar surface area (TPSA) is 0 Å². The van der Waals surface area contributed by atoms with Crippen molar-refractivity contribution in [2.24, 2.45) is 0 Å². The lowest BCUT2D eigenvalue weighted by Crippen LogP contribution is -2.26. The van der Waals surface area contributed by atoms with Crippen molar-refractivity contribution in [2.45, 2.75) is 64.2 Å². The summed E-state index contributed by atoms with van der Waals surface area (Å²) in [6, 6.07) is 1.98. The molecule has 0 saturated heterocycles. The summed E-state index contributed by atoms with van der Waals surface area (Å²) in [5, 5.41) is 0. The molecule has 0 aliphatic carbocycles. The van der Waals surface area contributed by atoms with E-state index in [9.17, 15) is 26.3 Å². The Hall–Kier alpha value is -1.20. The molecule has 6 heteroatoms. The summed E-state index contributed by atoms with van der Waals surface area (Å²) in [6.45, 7) is 5.40. The molecule has 126 valence electrons. The van der Waals surface area contributed by atoms with Crippen molar-refractivity contribution in [1.82, 2.24) is 0 Å². The van der Waals surface area contributed by atoms with Gasteiger partial charge in [0.05, 0.1) is 11.1 Å². The number of hydrogen-bond acceptors (Lipinski definition) is 0. The van der Waals surface area contributed by atoms with Crippen LogP contribution in [0.2, 0.25) is 0 Å². The smallest absolute Gasteiger partial charge is 0.166 e. The van der Waals surface area contributed by atoms with Gasteiger partial charge < -0.3 is 0 Å². The van der Waals surface area contributed by atoms with Gasteiger partial charge in [0.25, 0.3) is 0 Å². The van der Waals surface area contributed by atoms with Crippen molar-refractivity contribution in [1.29, 1.82) is 0 Å². The molecular weight excluding hydrogens is 306 g/mol. The molecule has 0 fully saturated rings. The van der Waals surface area contributed by atoms with E-state index in [1.807, 2.05) is 13.8 Å². The molecule has 0 aliphatic heterocycles. The van der Waals surface area contributed by atoms with E-state index in [4.69, 9.17) is 0 Å². The molecule has 0 heterocycles. The van der Waals surface area contributed by atoms with Crippen LogP contribution in [0.15, 0.2) is 18.2 Å². The summed E-state index contributed by atoms with van der Waals surface area (Å²) < 4.78 is 77.9. The Bertz CT molecular complexity index is 492. The Morgan fingerprint density at radius 2 is 1.27 bits per heavy atom. The van der Waals surface area contributed by atoms with Crippen molar-refractivity contribution in [2.75, 3.05) is 0 Å². The molecule has 22 heavy (non-hydrogen) atoms. The van der Waals surface area contributed by atoms with E-state index in [2.05, 4.69) is 0 Å². The van der Waals surface area contributed by atoms with Crippen molar-refractivity contribution in [3.8, 4) is 0 Å². The fourth-order valence-corrected chi connectivity index (χ4v) is 2.98. The minimum atomic E-state index is -4.81. The van der Waals surface area contributed by atoms with E-state index in [0.29, 0.717) is 25.7 Å². The van der Waals surface area contributed by atoms with E-state index in [-0.39, 0.29) is 11.6 Å².